The Morgan fingerprint density at radius 2 is 2.09 bits per heavy atom. The van der Waals surface area contributed by atoms with Crippen molar-refractivity contribution in [1.82, 2.24) is 10.4 Å². The first kappa shape index (κ1) is 6.16. The molecule has 1 aromatic heterocycles. The highest BCUT2D eigenvalue weighted by Crippen LogP contribution is 2.12. The van der Waals surface area contributed by atoms with Gasteiger partial charge in [-0.15, -0.1) is 0 Å². The summed E-state index contributed by atoms with van der Waals surface area (Å²) in [6, 6.07) is 9.80. The molecule has 0 atom stereocenters. The summed E-state index contributed by atoms with van der Waals surface area (Å²) >= 11 is 0. The van der Waals surface area contributed by atoms with Crippen molar-refractivity contribution >= 4 is 17.1 Å². The minimum Gasteiger partial charge on any atom is -0.354 e. The van der Waals surface area contributed by atoms with Gasteiger partial charge in [-0.2, -0.15) is 5.41 Å². The lowest BCUT2D eigenvalue weighted by Gasteiger charge is -1.83. The Balaban J connectivity index is 2.78. The van der Waals surface area contributed by atoms with Crippen LogP contribution in [0.2, 0.25) is 0 Å². The normalized spacial score (nSPS) is 10.2. The van der Waals surface area contributed by atoms with E-state index in [1.165, 1.54) is 0 Å². The minimum absolute atomic E-state index is 0.742. The molecule has 11 heavy (non-hydrogen) atoms. The number of hydrogen-bond donors (Lipinski definition) is 1. The molecule has 1 heterocycles. The van der Waals surface area contributed by atoms with Crippen LogP contribution in [0.4, 0.5) is 0 Å². The van der Waals surface area contributed by atoms with E-state index < -0.39 is 0 Å². The van der Waals surface area contributed by atoms with Crippen LogP contribution in [0.25, 0.3) is 10.9 Å². The van der Waals surface area contributed by atoms with E-state index in [2.05, 4.69) is 4.98 Å². The Bertz CT molecular complexity index is 354. The van der Waals surface area contributed by atoms with E-state index in [-0.39, 0.29) is 0 Å². The first-order chi connectivity index (χ1) is 5.40. The Morgan fingerprint density at radius 3 is 2.82 bits per heavy atom. The maximum Gasteiger partial charge on any atom is 0.0731 e. The molecule has 0 bridgehead atoms. The van der Waals surface area contributed by atoms with Crippen LogP contribution in [-0.2, 0) is 0 Å². The van der Waals surface area contributed by atoms with Gasteiger partial charge in [-0.3, -0.25) is 0 Å². The summed E-state index contributed by atoms with van der Waals surface area (Å²) in [5, 5.41) is 9.80. The fourth-order valence-corrected chi connectivity index (χ4v) is 1.17. The molecule has 0 unspecified atom stereocenters. The zero-order valence-electron chi connectivity index (χ0n) is 5.91. The summed E-state index contributed by atoms with van der Waals surface area (Å²) in [5.74, 6) is 0. The Hall–Kier alpha value is -1.57. The van der Waals surface area contributed by atoms with Crippen molar-refractivity contribution in [2.45, 2.75) is 0 Å². The van der Waals surface area contributed by atoms with Crippen LogP contribution in [-0.4, -0.2) is 11.2 Å². The summed E-state index contributed by atoms with van der Waals surface area (Å²) < 4.78 is 0. The molecule has 1 N–H and O–H groups in total. The number of nitrogens with zero attached hydrogens (tertiary/aromatic N) is 1. The van der Waals surface area contributed by atoms with Gasteiger partial charge < -0.3 is 4.98 Å². The molecule has 0 aliphatic heterocycles. The van der Waals surface area contributed by atoms with E-state index in [0.29, 0.717) is 0 Å². The molecule has 2 heteroatoms. The number of benzene rings is 1. The number of H-pyrrole nitrogens is 1. The monoisotopic (exact) mass is 143 g/mol. The molecular weight excluding hydrogens is 136 g/mol. The second-order valence-electron chi connectivity index (χ2n) is 2.44. The highest BCUT2D eigenvalue weighted by molar-refractivity contribution is 5.88. The van der Waals surface area contributed by atoms with Crippen molar-refractivity contribution < 1.29 is 0 Å². The Kier molecular flexibility index (Phi) is 1.25. The molecule has 0 aliphatic carbocycles. The zero-order valence-corrected chi connectivity index (χ0v) is 5.91. The third kappa shape index (κ3) is 0.923. The van der Waals surface area contributed by atoms with Crippen LogP contribution >= 0.6 is 0 Å². The van der Waals surface area contributed by atoms with E-state index >= 15 is 0 Å². The van der Waals surface area contributed by atoms with E-state index in [4.69, 9.17) is 5.41 Å². The van der Waals surface area contributed by atoms with Crippen LogP contribution in [0.15, 0.2) is 30.3 Å². The minimum atomic E-state index is 0.742. The maximum atomic E-state index is 8.68. The molecule has 1 radical (unpaired) electrons. The molecule has 0 saturated carbocycles. The van der Waals surface area contributed by atoms with Crippen molar-refractivity contribution in [3.8, 4) is 0 Å². The van der Waals surface area contributed by atoms with Gasteiger partial charge in [-0.05, 0) is 12.1 Å². The highest BCUT2D eigenvalue weighted by atomic mass is 14.7. The molecule has 2 aromatic rings. The first-order valence-electron chi connectivity index (χ1n) is 3.45. The molecule has 53 valence electrons. The second kappa shape index (κ2) is 2.23. The van der Waals surface area contributed by atoms with Crippen molar-refractivity contribution in [1.29, 1.82) is 0 Å². The smallest absolute Gasteiger partial charge is 0.0731 e. The van der Waals surface area contributed by atoms with Gasteiger partial charge in [0.1, 0.15) is 0 Å². The van der Waals surface area contributed by atoms with Gasteiger partial charge in [-0.1, -0.05) is 18.2 Å². The predicted octanol–water partition coefficient (Wildman–Crippen LogP) is 1.39. The SMILES string of the molecule is [N]=Cc1cc2ccccc2[nH]1. The summed E-state index contributed by atoms with van der Waals surface area (Å²) in [6.45, 7) is 0. The molecule has 0 amide bonds. The maximum absolute atomic E-state index is 8.68. The van der Waals surface area contributed by atoms with E-state index in [9.17, 15) is 0 Å². The molecule has 2 nitrogen and oxygen atoms in total. The van der Waals surface area contributed by atoms with Gasteiger partial charge in [0.2, 0.25) is 0 Å². The fraction of sp³-hybridized carbons (Fsp3) is 0. The van der Waals surface area contributed by atoms with Crippen molar-refractivity contribution in [3.05, 3.63) is 36.0 Å². The number of para-hydroxylation sites is 1. The number of hydrogen-bond acceptors (Lipinski definition) is 0. The highest BCUT2D eigenvalue weighted by Gasteiger charge is 1.94. The number of aromatic amines is 1. The summed E-state index contributed by atoms with van der Waals surface area (Å²) in [7, 11) is 0. The van der Waals surface area contributed by atoms with Crippen LogP contribution in [0.3, 0.4) is 0 Å². The number of rotatable bonds is 1. The molecule has 0 spiro atoms. The van der Waals surface area contributed by atoms with Crippen molar-refractivity contribution in [3.63, 3.8) is 0 Å². The van der Waals surface area contributed by atoms with Crippen LogP contribution in [0.1, 0.15) is 5.69 Å². The Morgan fingerprint density at radius 1 is 1.27 bits per heavy atom. The lowest BCUT2D eigenvalue weighted by Crippen LogP contribution is -1.77. The quantitative estimate of drug-likeness (QED) is 0.586. The van der Waals surface area contributed by atoms with Gasteiger partial charge in [0.25, 0.3) is 0 Å². The van der Waals surface area contributed by atoms with Crippen molar-refractivity contribution in [2.24, 2.45) is 0 Å². The molecule has 1 aromatic carbocycles. The Labute approximate surface area is 64.4 Å². The van der Waals surface area contributed by atoms with Gasteiger partial charge >= 0.3 is 0 Å². The summed E-state index contributed by atoms with van der Waals surface area (Å²) in [6.07, 6.45) is 1.07. The molecule has 0 saturated heterocycles. The van der Waals surface area contributed by atoms with Gasteiger partial charge in [0.15, 0.2) is 0 Å². The fourth-order valence-electron chi connectivity index (χ4n) is 1.17. The number of fused-ring (bicyclic) bond motifs is 1. The van der Waals surface area contributed by atoms with E-state index in [1.54, 1.807) is 0 Å². The predicted molar refractivity (Wildman–Crippen MR) is 45.6 cm³/mol. The number of aromatic nitrogens is 1. The molecule has 0 fully saturated rings. The molecular formula is C9H7N2. The first-order valence-corrected chi connectivity index (χ1v) is 3.45. The van der Waals surface area contributed by atoms with Crippen LogP contribution < -0.4 is 5.41 Å². The van der Waals surface area contributed by atoms with Crippen molar-refractivity contribution in [2.75, 3.05) is 0 Å². The van der Waals surface area contributed by atoms with Gasteiger partial charge in [0, 0.05) is 10.9 Å². The van der Waals surface area contributed by atoms with Gasteiger partial charge in [0.05, 0.1) is 11.9 Å². The summed E-state index contributed by atoms with van der Waals surface area (Å²) in [5.41, 5.74) is 1.79. The van der Waals surface area contributed by atoms with Crippen LogP contribution in [0.5, 0.6) is 0 Å². The molecule has 0 aliphatic rings. The third-order valence-corrected chi connectivity index (χ3v) is 1.69. The summed E-state index contributed by atoms with van der Waals surface area (Å²) in [4.78, 5) is 3.04. The number of nitrogens with one attached hydrogen (secondary N) is 1. The standard InChI is InChI=1S/C9H7N2/c10-6-8-5-7-3-1-2-4-9(7)11-8/h1-6,11H. The topological polar surface area (TPSA) is 38.1 Å². The van der Waals surface area contributed by atoms with E-state index in [0.717, 1.165) is 22.8 Å². The zero-order chi connectivity index (χ0) is 7.68. The van der Waals surface area contributed by atoms with Gasteiger partial charge in [-0.25, -0.2) is 0 Å². The lowest BCUT2D eigenvalue weighted by molar-refractivity contribution is 1.44. The molecule has 2 rings (SSSR count). The third-order valence-electron chi connectivity index (χ3n) is 1.69. The van der Waals surface area contributed by atoms with Crippen LogP contribution in [0, 0.1) is 0 Å². The average molecular weight is 143 g/mol. The average Bonchev–Trinajstić information content (AvgIpc) is 2.46. The lowest BCUT2D eigenvalue weighted by atomic mass is 10.2. The largest absolute Gasteiger partial charge is 0.354 e. The van der Waals surface area contributed by atoms with E-state index in [1.807, 2.05) is 30.3 Å². The second-order valence-corrected chi connectivity index (χ2v) is 2.44.